The molecule has 1 aromatic heterocycles. The van der Waals surface area contributed by atoms with Gasteiger partial charge in [-0.3, -0.25) is 9.59 Å². The molecule has 0 spiro atoms. The van der Waals surface area contributed by atoms with Crippen molar-refractivity contribution in [3.8, 4) is 5.69 Å². The standard InChI is InChI=1S/C24H35N5O2/c1-5-28(6-2)24(31)20-12-15-27(16-13-20)17-14-22(30)25-23-18(3)26-29(19(23)4)21-10-8-7-9-11-21/h7-11,20H,5-6,12-17H2,1-4H3,(H,25,30). The Morgan fingerprint density at radius 1 is 1.10 bits per heavy atom. The first-order valence-corrected chi connectivity index (χ1v) is 11.4. The molecule has 0 aliphatic carbocycles. The fourth-order valence-corrected chi connectivity index (χ4v) is 4.30. The van der Waals surface area contributed by atoms with Crippen LogP contribution in [0.15, 0.2) is 30.3 Å². The Balaban J connectivity index is 1.50. The van der Waals surface area contributed by atoms with Crippen molar-refractivity contribution in [2.45, 2.75) is 47.0 Å². The minimum Gasteiger partial charge on any atom is -0.343 e. The lowest BCUT2D eigenvalue weighted by Gasteiger charge is -2.33. The number of aromatic nitrogens is 2. The van der Waals surface area contributed by atoms with Crippen LogP contribution >= 0.6 is 0 Å². The average Bonchev–Trinajstić information content (AvgIpc) is 3.07. The highest BCUT2D eigenvalue weighted by atomic mass is 16.2. The van der Waals surface area contributed by atoms with Crippen LogP contribution in [-0.4, -0.2) is 64.1 Å². The maximum absolute atomic E-state index is 12.6. The fraction of sp³-hybridized carbons (Fsp3) is 0.542. The third kappa shape index (κ3) is 5.53. The number of carbonyl (C=O) groups is 2. The minimum absolute atomic E-state index is 0.000141. The molecule has 1 aliphatic rings. The van der Waals surface area contributed by atoms with Crippen LogP contribution in [0.5, 0.6) is 0 Å². The number of aryl methyl sites for hydroxylation is 1. The number of nitrogens with one attached hydrogen (secondary N) is 1. The molecular weight excluding hydrogens is 390 g/mol. The Bertz CT molecular complexity index is 881. The minimum atomic E-state index is 0.000141. The molecule has 0 unspecified atom stereocenters. The Morgan fingerprint density at radius 3 is 2.35 bits per heavy atom. The molecule has 2 heterocycles. The second-order valence-corrected chi connectivity index (χ2v) is 8.22. The molecular formula is C24H35N5O2. The summed E-state index contributed by atoms with van der Waals surface area (Å²) in [5.41, 5.74) is 3.50. The molecule has 7 nitrogen and oxygen atoms in total. The van der Waals surface area contributed by atoms with Crippen LogP contribution < -0.4 is 5.32 Å². The van der Waals surface area contributed by atoms with E-state index in [9.17, 15) is 9.59 Å². The summed E-state index contributed by atoms with van der Waals surface area (Å²) in [5, 5.41) is 7.65. The van der Waals surface area contributed by atoms with Crippen LogP contribution in [0.1, 0.15) is 44.5 Å². The number of hydrogen-bond acceptors (Lipinski definition) is 4. The van der Waals surface area contributed by atoms with Crippen molar-refractivity contribution >= 4 is 17.5 Å². The lowest BCUT2D eigenvalue weighted by Crippen LogP contribution is -2.43. The lowest BCUT2D eigenvalue weighted by molar-refractivity contribution is -0.136. The van der Waals surface area contributed by atoms with Gasteiger partial charge in [-0.25, -0.2) is 4.68 Å². The summed E-state index contributed by atoms with van der Waals surface area (Å²) in [7, 11) is 0. The smallest absolute Gasteiger partial charge is 0.225 e. The van der Waals surface area contributed by atoms with E-state index in [0.717, 1.165) is 61.8 Å². The molecule has 0 radical (unpaired) electrons. The van der Waals surface area contributed by atoms with Crippen molar-refractivity contribution in [2.24, 2.45) is 5.92 Å². The molecule has 2 amide bonds. The van der Waals surface area contributed by atoms with Gasteiger partial charge in [-0.05, 0) is 65.8 Å². The number of likely N-dealkylation sites (tertiary alicyclic amines) is 1. The van der Waals surface area contributed by atoms with Gasteiger partial charge in [0.2, 0.25) is 11.8 Å². The summed E-state index contributed by atoms with van der Waals surface area (Å²) in [6.45, 7) is 11.9. The first-order valence-electron chi connectivity index (χ1n) is 11.4. The monoisotopic (exact) mass is 425 g/mol. The molecule has 2 aromatic rings. The second kappa shape index (κ2) is 10.6. The largest absolute Gasteiger partial charge is 0.343 e. The number of nitrogens with zero attached hydrogens (tertiary/aromatic N) is 4. The maximum atomic E-state index is 12.6. The topological polar surface area (TPSA) is 70.5 Å². The number of hydrogen-bond donors (Lipinski definition) is 1. The summed E-state index contributed by atoms with van der Waals surface area (Å²) >= 11 is 0. The molecule has 1 saturated heterocycles. The summed E-state index contributed by atoms with van der Waals surface area (Å²) in [6, 6.07) is 9.92. The van der Waals surface area contributed by atoms with E-state index in [-0.39, 0.29) is 17.7 Å². The number of carbonyl (C=O) groups excluding carboxylic acids is 2. The van der Waals surface area contributed by atoms with Crippen LogP contribution in [0.3, 0.4) is 0 Å². The molecule has 1 aliphatic heterocycles. The van der Waals surface area contributed by atoms with Gasteiger partial charge in [-0.15, -0.1) is 0 Å². The molecule has 3 rings (SSSR count). The Morgan fingerprint density at radius 2 is 1.74 bits per heavy atom. The first-order chi connectivity index (χ1) is 14.9. The van der Waals surface area contributed by atoms with Crippen LogP contribution in [0.2, 0.25) is 0 Å². The van der Waals surface area contributed by atoms with E-state index in [2.05, 4.69) is 15.3 Å². The van der Waals surface area contributed by atoms with E-state index in [1.807, 2.05) is 67.6 Å². The molecule has 168 valence electrons. The van der Waals surface area contributed by atoms with Gasteiger partial charge >= 0.3 is 0 Å². The van der Waals surface area contributed by atoms with E-state index in [1.165, 1.54) is 0 Å². The molecule has 7 heteroatoms. The van der Waals surface area contributed by atoms with Crippen LogP contribution in [0.4, 0.5) is 5.69 Å². The third-order valence-corrected chi connectivity index (χ3v) is 6.22. The Labute approximate surface area is 185 Å². The van der Waals surface area contributed by atoms with Crippen molar-refractivity contribution in [3.63, 3.8) is 0 Å². The zero-order valence-electron chi connectivity index (χ0n) is 19.2. The third-order valence-electron chi connectivity index (χ3n) is 6.22. The normalized spacial score (nSPS) is 15.1. The molecule has 0 bridgehead atoms. The van der Waals surface area contributed by atoms with Crippen molar-refractivity contribution in [1.82, 2.24) is 19.6 Å². The lowest BCUT2D eigenvalue weighted by atomic mass is 9.95. The number of para-hydroxylation sites is 1. The Kier molecular flexibility index (Phi) is 7.85. The summed E-state index contributed by atoms with van der Waals surface area (Å²) in [6.07, 6.45) is 2.18. The number of piperidine rings is 1. The second-order valence-electron chi connectivity index (χ2n) is 8.22. The number of anilines is 1. The van der Waals surface area contributed by atoms with Crippen molar-refractivity contribution < 1.29 is 9.59 Å². The van der Waals surface area contributed by atoms with Gasteiger partial charge in [0, 0.05) is 32.0 Å². The van der Waals surface area contributed by atoms with Gasteiger partial charge in [-0.2, -0.15) is 5.10 Å². The van der Waals surface area contributed by atoms with Gasteiger partial charge in [-0.1, -0.05) is 18.2 Å². The molecule has 0 atom stereocenters. The highest BCUT2D eigenvalue weighted by molar-refractivity contribution is 5.92. The van der Waals surface area contributed by atoms with E-state index < -0.39 is 0 Å². The number of rotatable bonds is 8. The predicted molar refractivity (Wildman–Crippen MR) is 123 cm³/mol. The van der Waals surface area contributed by atoms with Crippen molar-refractivity contribution in [1.29, 1.82) is 0 Å². The van der Waals surface area contributed by atoms with E-state index in [0.29, 0.717) is 13.0 Å². The predicted octanol–water partition coefficient (Wildman–Crippen LogP) is 3.40. The highest BCUT2D eigenvalue weighted by Gasteiger charge is 2.27. The van der Waals surface area contributed by atoms with Crippen LogP contribution in [0, 0.1) is 19.8 Å². The summed E-state index contributed by atoms with van der Waals surface area (Å²) in [5.74, 6) is 0.406. The zero-order valence-corrected chi connectivity index (χ0v) is 19.2. The zero-order chi connectivity index (χ0) is 22.4. The van der Waals surface area contributed by atoms with Crippen molar-refractivity contribution in [2.75, 3.05) is 38.0 Å². The summed E-state index contributed by atoms with van der Waals surface area (Å²) in [4.78, 5) is 29.4. The SMILES string of the molecule is CCN(CC)C(=O)C1CCN(CCC(=O)Nc2c(C)nn(-c3ccccc3)c2C)CC1. The van der Waals surface area contributed by atoms with E-state index in [1.54, 1.807) is 0 Å². The summed E-state index contributed by atoms with van der Waals surface area (Å²) < 4.78 is 1.86. The fourth-order valence-electron chi connectivity index (χ4n) is 4.30. The maximum Gasteiger partial charge on any atom is 0.225 e. The van der Waals surface area contributed by atoms with Crippen molar-refractivity contribution in [3.05, 3.63) is 41.7 Å². The van der Waals surface area contributed by atoms with E-state index >= 15 is 0 Å². The number of benzene rings is 1. The van der Waals surface area contributed by atoms with Gasteiger partial charge in [0.25, 0.3) is 0 Å². The molecule has 0 saturated carbocycles. The van der Waals surface area contributed by atoms with Crippen LogP contribution in [0.25, 0.3) is 5.69 Å². The van der Waals surface area contributed by atoms with Gasteiger partial charge in [0.1, 0.15) is 0 Å². The Hall–Kier alpha value is -2.67. The molecule has 31 heavy (non-hydrogen) atoms. The molecule has 1 aromatic carbocycles. The number of amides is 2. The van der Waals surface area contributed by atoms with Gasteiger partial charge in [0.15, 0.2) is 0 Å². The van der Waals surface area contributed by atoms with Crippen LogP contribution in [-0.2, 0) is 9.59 Å². The molecule has 1 N–H and O–H groups in total. The first kappa shape index (κ1) is 23.0. The van der Waals surface area contributed by atoms with Gasteiger partial charge < -0.3 is 15.1 Å². The van der Waals surface area contributed by atoms with E-state index in [4.69, 9.17) is 0 Å². The van der Waals surface area contributed by atoms with Gasteiger partial charge in [0.05, 0.1) is 22.8 Å². The molecule has 1 fully saturated rings. The highest BCUT2D eigenvalue weighted by Crippen LogP contribution is 2.23. The quantitative estimate of drug-likeness (QED) is 0.704. The average molecular weight is 426 g/mol.